The quantitative estimate of drug-likeness (QED) is 0.633. The molecule has 1 fully saturated rings. The van der Waals surface area contributed by atoms with Crippen LogP contribution in [0.5, 0.6) is 0 Å². The predicted octanol–water partition coefficient (Wildman–Crippen LogP) is 1.54. The van der Waals surface area contributed by atoms with Gasteiger partial charge in [0.1, 0.15) is 5.00 Å². The van der Waals surface area contributed by atoms with E-state index in [0.717, 1.165) is 49.7 Å². The number of morpholine rings is 1. The first-order valence-electron chi connectivity index (χ1n) is 9.29. The van der Waals surface area contributed by atoms with Crippen molar-refractivity contribution in [3.63, 3.8) is 0 Å². The van der Waals surface area contributed by atoms with Crippen molar-refractivity contribution in [1.82, 2.24) is 10.2 Å². The number of rotatable bonds is 6. The summed E-state index contributed by atoms with van der Waals surface area (Å²) in [5, 5.41) is 6.14. The molecular weight excluding hydrogens is 368 g/mol. The van der Waals surface area contributed by atoms with Gasteiger partial charge in [-0.3, -0.25) is 15.0 Å². The topological polar surface area (TPSA) is 106 Å². The highest BCUT2D eigenvalue weighted by atomic mass is 32.1. The van der Waals surface area contributed by atoms with E-state index in [9.17, 15) is 9.59 Å². The molecule has 0 spiro atoms. The number of carbonyl (C=O) groups is 2. The van der Waals surface area contributed by atoms with Gasteiger partial charge in [-0.25, -0.2) is 4.79 Å². The van der Waals surface area contributed by atoms with Crippen LogP contribution in [0, 0.1) is 0 Å². The number of carbonyl (C=O) groups excluding carboxylic acids is 2. The van der Waals surface area contributed by atoms with Crippen LogP contribution < -0.4 is 16.4 Å². The lowest BCUT2D eigenvalue weighted by molar-refractivity contribution is -0.0383. The van der Waals surface area contributed by atoms with Crippen molar-refractivity contribution in [3.05, 3.63) is 16.0 Å². The second-order valence-electron chi connectivity index (χ2n) is 7.49. The minimum absolute atomic E-state index is 0.321. The molecule has 3 amide bonds. The smallest absolute Gasteiger partial charge is 0.319 e. The molecule has 4 N–H and O–H groups in total. The van der Waals surface area contributed by atoms with Crippen LogP contribution in [-0.4, -0.2) is 61.8 Å². The van der Waals surface area contributed by atoms with Crippen molar-refractivity contribution in [2.75, 3.05) is 44.7 Å². The highest BCUT2D eigenvalue weighted by Gasteiger charge is 2.33. The Bertz CT molecular complexity index is 698. The molecule has 3 heterocycles. The van der Waals surface area contributed by atoms with Crippen molar-refractivity contribution in [2.24, 2.45) is 5.73 Å². The zero-order valence-corrected chi connectivity index (χ0v) is 16.7. The number of hydrogen-bond acceptors (Lipinski definition) is 6. The Morgan fingerprint density at radius 1 is 1.30 bits per heavy atom. The first-order valence-corrected chi connectivity index (χ1v) is 10.1. The molecule has 0 unspecified atom stereocenters. The molecule has 0 saturated carbocycles. The molecule has 27 heavy (non-hydrogen) atoms. The molecule has 9 heteroatoms. The van der Waals surface area contributed by atoms with Crippen LogP contribution in [0.1, 0.15) is 41.1 Å². The largest absolute Gasteiger partial charge is 0.379 e. The fraction of sp³-hybridized carbons (Fsp3) is 0.667. The Labute approximate surface area is 163 Å². The van der Waals surface area contributed by atoms with Crippen LogP contribution in [0.4, 0.5) is 9.80 Å². The Balaban J connectivity index is 1.54. The van der Waals surface area contributed by atoms with E-state index < -0.39 is 5.91 Å². The van der Waals surface area contributed by atoms with Crippen molar-refractivity contribution < 1.29 is 19.1 Å². The molecule has 2 aliphatic heterocycles. The number of thiophene rings is 1. The van der Waals surface area contributed by atoms with Gasteiger partial charge >= 0.3 is 6.03 Å². The molecule has 0 bridgehead atoms. The summed E-state index contributed by atoms with van der Waals surface area (Å²) in [7, 11) is 0. The Hall–Kier alpha value is -1.68. The van der Waals surface area contributed by atoms with Gasteiger partial charge in [0.05, 0.1) is 31.0 Å². The monoisotopic (exact) mass is 396 g/mol. The molecule has 2 aliphatic rings. The normalized spacial score (nSPS) is 19.3. The summed E-state index contributed by atoms with van der Waals surface area (Å²) < 4.78 is 11.1. The third-order valence-electron chi connectivity index (χ3n) is 4.80. The highest BCUT2D eigenvalue weighted by molar-refractivity contribution is 7.17. The van der Waals surface area contributed by atoms with Gasteiger partial charge in [0.25, 0.3) is 5.91 Å². The molecule has 3 rings (SSSR count). The zero-order valence-electron chi connectivity index (χ0n) is 15.9. The number of ether oxygens (including phenoxy) is 2. The minimum atomic E-state index is -0.521. The molecule has 1 aromatic heterocycles. The van der Waals surface area contributed by atoms with Crippen molar-refractivity contribution >= 4 is 28.3 Å². The summed E-state index contributed by atoms with van der Waals surface area (Å²) in [6.45, 7) is 9.29. The van der Waals surface area contributed by atoms with Crippen molar-refractivity contribution in [2.45, 2.75) is 38.9 Å². The van der Waals surface area contributed by atoms with E-state index in [4.69, 9.17) is 15.2 Å². The maximum atomic E-state index is 12.2. The second kappa shape index (κ2) is 8.55. The Kier molecular flexibility index (Phi) is 6.36. The average molecular weight is 397 g/mol. The fourth-order valence-corrected chi connectivity index (χ4v) is 4.51. The standard InChI is InChI=1S/C18H28N4O4S/c1-18(2)10-12-13(11-26-18)27-16(14(12)15(19)23)21-17(24)20-4-3-5-22-6-8-25-9-7-22/h3-11H2,1-2H3,(H2,19,23)(H2,20,21,24). The number of hydrogen-bond donors (Lipinski definition) is 3. The number of nitrogens with one attached hydrogen (secondary N) is 2. The number of nitrogens with zero attached hydrogens (tertiary/aromatic N) is 1. The number of nitrogens with two attached hydrogens (primary N) is 1. The first-order chi connectivity index (χ1) is 12.9. The Morgan fingerprint density at radius 2 is 2.04 bits per heavy atom. The Morgan fingerprint density at radius 3 is 2.74 bits per heavy atom. The molecular formula is C18H28N4O4S. The molecule has 0 aromatic carbocycles. The molecule has 1 saturated heterocycles. The molecule has 0 aliphatic carbocycles. The minimum Gasteiger partial charge on any atom is -0.379 e. The zero-order chi connectivity index (χ0) is 19.4. The van der Waals surface area contributed by atoms with E-state index in [1.165, 1.54) is 11.3 Å². The van der Waals surface area contributed by atoms with Crippen LogP contribution in [0.2, 0.25) is 0 Å². The number of fused-ring (bicyclic) bond motifs is 1. The van der Waals surface area contributed by atoms with E-state index in [2.05, 4.69) is 15.5 Å². The summed E-state index contributed by atoms with van der Waals surface area (Å²) >= 11 is 1.36. The van der Waals surface area contributed by atoms with Crippen LogP contribution >= 0.6 is 11.3 Å². The first kappa shape index (κ1) is 20.1. The lowest BCUT2D eigenvalue weighted by atomic mass is 9.93. The van der Waals surface area contributed by atoms with E-state index in [1.807, 2.05) is 13.8 Å². The third-order valence-corrected chi connectivity index (χ3v) is 5.92. The van der Waals surface area contributed by atoms with Crippen LogP contribution in [0.3, 0.4) is 0 Å². The highest BCUT2D eigenvalue weighted by Crippen LogP contribution is 2.40. The SMILES string of the molecule is CC1(C)Cc2c(sc(NC(=O)NCCCN3CCOCC3)c2C(N)=O)CO1. The van der Waals surface area contributed by atoms with Gasteiger partial charge in [0, 0.05) is 30.9 Å². The van der Waals surface area contributed by atoms with Gasteiger partial charge < -0.3 is 20.5 Å². The average Bonchev–Trinajstić information content (AvgIpc) is 2.95. The molecule has 8 nitrogen and oxygen atoms in total. The van der Waals surface area contributed by atoms with Gasteiger partial charge in [-0.1, -0.05) is 0 Å². The predicted molar refractivity (Wildman–Crippen MR) is 104 cm³/mol. The summed E-state index contributed by atoms with van der Waals surface area (Å²) in [6.07, 6.45) is 1.46. The maximum absolute atomic E-state index is 12.2. The molecule has 150 valence electrons. The van der Waals surface area contributed by atoms with Gasteiger partial charge in [-0.05, 0) is 32.4 Å². The summed E-state index contributed by atoms with van der Waals surface area (Å²) in [4.78, 5) is 27.5. The summed E-state index contributed by atoms with van der Waals surface area (Å²) in [6, 6.07) is -0.321. The third kappa shape index (κ3) is 5.19. The summed E-state index contributed by atoms with van der Waals surface area (Å²) in [5.74, 6) is -0.521. The van der Waals surface area contributed by atoms with Gasteiger partial charge in [0.15, 0.2) is 0 Å². The summed E-state index contributed by atoms with van der Waals surface area (Å²) in [5.41, 5.74) is 6.55. The van der Waals surface area contributed by atoms with Crippen molar-refractivity contribution in [3.8, 4) is 0 Å². The number of anilines is 1. The van der Waals surface area contributed by atoms with E-state index in [0.29, 0.717) is 30.1 Å². The van der Waals surface area contributed by atoms with Crippen LogP contribution in [-0.2, 0) is 22.5 Å². The lowest BCUT2D eigenvalue weighted by Crippen LogP contribution is -2.38. The number of urea groups is 1. The van der Waals surface area contributed by atoms with Gasteiger partial charge in [-0.2, -0.15) is 0 Å². The van der Waals surface area contributed by atoms with Crippen LogP contribution in [0.25, 0.3) is 0 Å². The number of amides is 3. The lowest BCUT2D eigenvalue weighted by Gasteiger charge is -2.30. The van der Waals surface area contributed by atoms with Crippen molar-refractivity contribution in [1.29, 1.82) is 0 Å². The van der Waals surface area contributed by atoms with E-state index in [1.54, 1.807) is 0 Å². The van der Waals surface area contributed by atoms with E-state index >= 15 is 0 Å². The molecule has 0 radical (unpaired) electrons. The van der Waals surface area contributed by atoms with Gasteiger partial charge in [-0.15, -0.1) is 11.3 Å². The molecule has 0 atom stereocenters. The second-order valence-corrected chi connectivity index (χ2v) is 8.59. The van der Waals surface area contributed by atoms with Gasteiger partial charge in [0.2, 0.25) is 0 Å². The maximum Gasteiger partial charge on any atom is 0.319 e. The molecule has 1 aromatic rings. The van der Waals surface area contributed by atoms with E-state index in [-0.39, 0.29) is 11.6 Å². The fourth-order valence-electron chi connectivity index (χ4n) is 3.38. The number of primary amides is 1. The van der Waals surface area contributed by atoms with Crippen LogP contribution in [0.15, 0.2) is 0 Å².